The smallest absolute Gasteiger partial charge is 0.335 e. The van der Waals surface area contributed by atoms with Gasteiger partial charge in [0, 0.05) is 18.1 Å². The molecule has 13 heteroatoms. The standard InChI is InChI=1S/C18H17ClFN5O5S/c1-10-9-24(5-6-30-10)18-17(25(26)27)16(22-11(2)23-18)15(8-21)31(28,29)14-4-3-12(19)7-13(14)20/h3-4,7,10,15H,5-6,9H2,1-2H3/t10-,15?/m0/s1. The average molecular weight is 470 g/mol. The van der Waals surface area contributed by atoms with Crippen LogP contribution in [0.4, 0.5) is 15.9 Å². The van der Waals surface area contributed by atoms with Crippen LogP contribution in [0.5, 0.6) is 0 Å². The molecule has 0 aliphatic carbocycles. The van der Waals surface area contributed by atoms with Gasteiger partial charge in [-0.3, -0.25) is 10.1 Å². The molecule has 2 atom stereocenters. The van der Waals surface area contributed by atoms with Gasteiger partial charge in [0.15, 0.2) is 5.69 Å². The Hall–Kier alpha value is -2.88. The fourth-order valence-corrected chi connectivity index (χ4v) is 4.87. The summed E-state index contributed by atoms with van der Waals surface area (Å²) in [6.45, 7) is 4.03. The average Bonchev–Trinajstić information content (AvgIpc) is 2.67. The second-order valence-electron chi connectivity index (χ2n) is 6.84. The number of nitriles is 1. The van der Waals surface area contributed by atoms with Gasteiger partial charge in [-0.25, -0.2) is 22.8 Å². The molecule has 0 saturated carbocycles. The third kappa shape index (κ3) is 4.43. The molecular formula is C18H17ClFN5O5S. The van der Waals surface area contributed by atoms with E-state index in [-0.39, 0.29) is 42.5 Å². The van der Waals surface area contributed by atoms with Crippen molar-refractivity contribution in [3.8, 4) is 6.07 Å². The van der Waals surface area contributed by atoms with Crippen molar-refractivity contribution in [3.05, 3.63) is 50.7 Å². The number of aromatic nitrogens is 2. The summed E-state index contributed by atoms with van der Waals surface area (Å²) in [4.78, 5) is 19.9. The molecule has 164 valence electrons. The molecule has 2 aromatic rings. The third-order valence-electron chi connectivity index (χ3n) is 4.60. The highest BCUT2D eigenvalue weighted by Crippen LogP contribution is 2.39. The van der Waals surface area contributed by atoms with Crippen molar-refractivity contribution >= 4 is 32.9 Å². The van der Waals surface area contributed by atoms with Crippen LogP contribution in [0, 0.1) is 34.2 Å². The number of rotatable bonds is 5. The van der Waals surface area contributed by atoms with Gasteiger partial charge >= 0.3 is 5.69 Å². The number of ether oxygens (including phenoxy) is 1. The predicted molar refractivity (Wildman–Crippen MR) is 108 cm³/mol. The molecule has 1 aliphatic rings. The van der Waals surface area contributed by atoms with Gasteiger partial charge in [0.05, 0.1) is 23.7 Å². The van der Waals surface area contributed by atoms with Crippen LogP contribution in [0.15, 0.2) is 23.1 Å². The molecule has 10 nitrogen and oxygen atoms in total. The molecular weight excluding hydrogens is 453 g/mol. The van der Waals surface area contributed by atoms with Crippen molar-refractivity contribution in [1.29, 1.82) is 5.26 Å². The predicted octanol–water partition coefficient (Wildman–Crippen LogP) is 2.75. The maximum Gasteiger partial charge on any atom is 0.335 e. The lowest BCUT2D eigenvalue weighted by atomic mass is 10.2. The molecule has 0 N–H and O–H groups in total. The van der Waals surface area contributed by atoms with E-state index in [1.165, 1.54) is 13.0 Å². The summed E-state index contributed by atoms with van der Waals surface area (Å²) in [5.41, 5.74) is -1.34. The van der Waals surface area contributed by atoms with Gasteiger partial charge in [0.1, 0.15) is 16.5 Å². The van der Waals surface area contributed by atoms with Crippen LogP contribution in [0.1, 0.15) is 23.7 Å². The number of benzene rings is 1. The lowest BCUT2D eigenvalue weighted by molar-refractivity contribution is -0.385. The summed E-state index contributed by atoms with van der Waals surface area (Å²) in [6, 6.07) is 4.37. The van der Waals surface area contributed by atoms with Crippen LogP contribution < -0.4 is 4.90 Å². The van der Waals surface area contributed by atoms with Gasteiger partial charge in [0.2, 0.25) is 20.9 Å². The maximum atomic E-state index is 14.3. The first kappa shape index (κ1) is 22.8. The zero-order chi connectivity index (χ0) is 22.9. The molecule has 1 aromatic heterocycles. The van der Waals surface area contributed by atoms with Gasteiger partial charge in [-0.2, -0.15) is 5.26 Å². The van der Waals surface area contributed by atoms with Crippen molar-refractivity contribution in [2.24, 2.45) is 0 Å². The van der Waals surface area contributed by atoms with Gasteiger partial charge in [-0.15, -0.1) is 0 Å². The Morgan fingerprint density at radius 1 is 1.45 bits per heavy atom. The first-order chi connectivity index (χ1) is 14.6. The molecule has 31 heavy (non-hydrogen) atoms. The fraction of sp³-hybridized carbons (Fsp3) is 0.389. The number of halogens is 2. The van der Waals surface area contributed by atoms with Gasteiger partial charge in [0.25, 0.3) is 0 Å². The Labute approximate surface area is 182 Å². The first-order valence-corrected chi connectivity index (χ1v) is 11.0. The normalized spacial score (nSPS) is 17.8. The Bertz CT molecular complexity index is 1190. The van der Waals surface area contributed by atoms with Crippen LogP contribution in [0.2, 0.25) is 5.02 Å². The van der Waals surface area contributed by atoms with Gasteiger partial charge < -0.3 is 9.64 Å². The van der Waals surface area contributed by atoms with E-state index < -0.39 is 42.1 Å². The first-order valence-electron chi connectivity index (χ1n) is 9.04. The van der Waals surface area contributed by atoms with Gasteiger partial charge in [-0.05, 0) is 32.0 Å². The SMILES string of the molecule is Cc1nc(C(C#N)S(=O)(=O)c2ccc(Cl)cc2F)c([N+](=O)[O-])c(N2CCO[C@@H](C)C2)n1. The van der Waals surface area contributed by atoms with E-state index in [1.807, 2.05) is 0 Å². The van der Waals surface area contributed by atoms with E-state index in [0.717, 1.165) is 18.2 Å². The van der Waals surface area contributed by atoms with Crippen molar-refractivity contribution in [1.82, 2.24) is 9.97 Å². The lowest BCUT2D eigenvalue weighted by Gasteiger charge is -2.32. The van der Waals surface area contributed by atoms with Crippen molar-refractivity contribution in [2.45, 2.75) is 30.1 Å². The Kier molecular flexibility index (Phi) is 6.40. The second-order valence-corrected chi connectivity index (χ2v) is 9.28. The highest BCUT2D eigenvalue weighted by atomic mass is 35.5. The molecule has 0 spiro atoms. The highest BCUT2D eigenvalue weighted by Gasteiger charge is 2.41. The quantitative estimate of drug-likeness (QED) is 0.477. The summed E-state index contributed by atoms with van der Waals surface area (Å²) >= 11 is 5.68. The number of aryl methyl sites for hydroxylation is 1. The second kappa shape index (κ2) is 8.70. The summed E-state index contributed by atoms with van der Waals surface area (Å²) in [5.74, 6) is -1.26. The van der Waals surface area contributed by atoms with Crippen molar-refractivity contribution < 1.29 is 22.5 Å². The number of morpholine rings is 1. The summed E-state index contributed by atoms with van der Waals surface area (Å²) in [5, 5.41) is 19.4. The number of hydrogen-bond acceptors (Lipinski definition) is 9. The Morgan fingerprint density at radius 2 is 2.16 bits per heavy atom. The van der Waals surface area contributed by atoms with Crippen LogP contribution in [-0.4, -0.2) is 49.1 Å². The number of nitrogens with zero attached hydrogens (tertiary/aromatic N) is 5. The zero-order valence-corrected chi connectivity index (χ0v) is 18.0. The van der Waals surface area contributed by atoms with Crippen LogP contribution in [0.3, 0.4) is 0 Å². The minimum Gasteiger partial charge on any atom is -0.375 e. The van der Waals surface area contributed by atoms with E-state index >= 15 is 0 Å². The third-order valence-corrected chi connectivity index (χ3v) is 6.73. The Morgan fingerprint density at radius 3 is 2.74 bits per heavy atom. The maximum absolute atomic E-state index is 14.3. The molecule has 1 aromatic carbocycles. The minimum absolute atomic E-state index is 0.0294. The molecule has 0 bridgehead atoms. The molecule has 1 saturated heterocycles. The zero-order valence-electron chi connectivity index (χ0n) is 16.4. The van der Waals surface area contributed by atoms with E-state index in [9.17, 15) is 28.2 Å². The fourth-order valence-electron chi connectivity index (χ4n) is 3.27. The molecule has 2 heterocycles. The summed E-state index contributed by atoms with van der Waals surface area (Å²) in [7, 11) is -4.72. The largest absolute Gasteiger partial charge is 0.375 e. The highest BCUT2D eigenvalue weighted by molar-refractivity contribution is 7.92. The number of anilines is 1. The van der Waals surface area contributed by atoms with Crippen LogP contribution in [-0.2, 0) is 14.6 Å². The molecule has 1 fully saturated rings. The molecule has 3 rings (SSSR count). The van der Waals surface area contributed by atoms with Crippen molar-refractivity contribution in [3.63, 3.8) is 0 Å². The van der Waals surface area contributed by atoms with Crippen LogP contribution >= 0.6 is 11.6 Å². The van der Waals surface area contributed by atoms with E-state index in [1.54, 1.807) is 11.8 Å². The number of hydrogen-bond donors (Lipinski definition) is 0. The monoisotopic (exact) mass is 469 g/mol. The molecule has 0 amide bonds. The lowest BCUT2D eigenvalue weighted by Crippen LogP contribution is -2.42. The molecule has 1 unspecified atom stereocenters. The van der Waals surface area contributed by atoms with E-state index in [0.29, 0.717) is 0 Å². The van der Waals surface area contributed by atoms with Crippen LogP contribution in [0.25, 0.3) is 0 Å². The molecule has 1 aliphatic heterocycles. The topological polar surface area (TPSA) is 139 Å². The van der Waals surface area contributed by atoms with E-state index in [2.05, 4.69) is 9.97 Å². The van der Waals surface area contributed by atoms with Gasteiger partial charge in [-0.1, -0.05) is 11.6 Å². The molecule has 0 radical (unpaired) electrons. The Balaban J connectivity index is 2.22. The minimum atomic E-state index is -4.72. The van der Waals surface area contributed by atoms with E-state index in [4.69, 9.17) is 16.3 Å². The van der Waals surface area contributed by atoms with Crippen molar-refractivity contribution in [2.75, 3.05) is 24.6 Å². The number of nitro groups is 1. The summed E-state index contributed by atoms with van der Waals surface area (Å²) in [6.07, 6.45) is -0.245. The summed E-state index contributed by atoms with van der Waals surface area (Å²) < 4.78 is 46.0. The number of sulfone groups is 1.